The van der Waals surface area contributed by atoms with E-state index in [0.29, 0.717) is 11.6 Å². The Balaban J connectivity index is 1.99. The summed E-state index contributed by atoms with van der Waals surface area (Å²) in [5.41, 5.74) is 8.83. The van der Waals surface area contributed by atoms with Crippen molar-refractivity contribution in [1.29, 1.82) is 0 Å². The SMILES string of the molecule is Nc1ccccc1Cn1ccnc1-c1cc(Cl)cc(Br)c1. The number of nitrogens with two attached hydrogens (primary N) is 1. The monoisotopic (exact) mass is 361 g/mol. The molecule has 1 aromatic heterocycles. The maximum absolute atomic E-state index is 6.12. The molecule has 1 heterocycles. The average molecular weight is 363 g/mol. The Labute approximate surface area is 136 Å². The van der Waals surface area contributed by atoms with Crippen LogP contribution in [0.25, 0.3) is 11.4 Å². The van der Waals surface area contributed by atoms with Crippen molar-refractivity contribution in [3.8, 4) is 11.4 Å². The molecular formula is C16H13BrClN3. The molecule has 3 rings (SSSR count). The van der Waals surface area contributed by atoms with E-state index in [2.05, 4.69) is 25.5 Å². The standard InChI is InChI=1S/C16H13BrClN3/c17-13-7-12(8-14(18)9-13)16-20-5-6-21(16)10-11-3-1-2-4-15(11)19/h1-9H,10,19H2. The predicted octanol–water partition coefficient (Wildman–Crippen LogP) is 4.60. The molecule has 2 aromatic carbocycles. The molecule has 0 unspecified atom stereocenters. The van der Waals surface area contributed by atoms with E-state index in [0.717, 1.165) is 27.1 Å². The number of hydrogen-bond donors (Lipinski definition) is 1. The highest BCUT2D eigenvalue weighted by Crippen LogP contribution is 2.27. The molecule has 21 heavy (non-hydrogen) atoms. The van der Waals surface area contributed by atoms with Crippen molar-refractivity contribution in [2.24, 2.45) is 0 Å². The Hall–Kier alpha value is -1.78. The van der Waals surface area contributed by atoms with Crippen LogP contribution in [-0.2, 0) is 6.54 Å². The van der Waals surface area contributed by atoms with E-state index in [9.17, 15) is 0 Å². The Morgan fingerprint density at radius 3 is 2.76 bits per heavy atom. The molecule has 5 heteroatoms. The fourth-order valence-electron chi connectivity index (χ4n) is 2.24. The second-order valence-electron chi connectivity index (χ2n) is 4.74. The van der Waals surface area contributed by atoms with Crippen LogP contribution in [0.5, 0.6) is 0 Å². The molecule has 3 nitrogen and oxygen atoms in total. The number of rotatable bonds is 3. The van der Waals surface area contributed by atoms with Crippen molar-refractivity contribution in [3.05, 3.63) is 69.9 Å². The number of halogens is 2. The van der Waals surface area contributed by atoms with Crippen molar-refractivity contribution in [3.63, 3.8) is 0 Å². The van der Waals surface area contributed by atoms with E-state index in [1.54, 1.807) is 6.20 Å². The molecular weight excluding hydrogens is 350 g/mol. The van der Waals surface area contributed by atoms with Crippen LogP contribution >= 0.6 is 27.5 Å². The summed E-state index contributed by atoms with van der Waals surface area (Å²) < 4.78 is 2.99. The minimum Gasteiger partial charge on any atom is -0.398 e. The Kier molecular flexibility index (Phi) is 3.99. The molecule has 3 aromatic rings. The number of hydrogen-bond acceptors (Lipinski definition) is 2. The van der Waals surface area contributed by atoms with Gasteiger partial charge in [0.1, 0.15) is 5.82 Å². The first-order chi connectivity index (χ1) is 10.1. The first-order valence-corrected chi connectivity index (χ1v) is 7.61. The van der Waals surface area contributed by atoms with Crippen LogP contribution in [0.15, 0.2) is 59.3 Å². The van der Waals surface area contributed by atoms with Gasteiger partial charge in [-0.3, -0.25) is 0 Å². The maximum Gasteiger partial charge on any atom is 0.140 e. The number of imidazole rings is 1. The van der Waals surface area contributed by atoms with Crippen LogP contribution in [0.4, 0.5) is 5.69 Å². The van der Waals surface area contributed by atoms with E-state index in [1.807, 2.05) is 48.7 Å². The van der Waals surface area contributed by atoms with Crippen LogP contribution in [0.1, 0.15) is 5.56 Å². The molecule has 0 radical (unpaired) electrons. The molecule has 0 saturated heterocycles. The van der Waals surface area contributed by atoms with Gasteiger partial charge in [-0.2, -0.15) is 0 Å². The third kappa shape index (κ3) is 3.12. The smallest absolute Gasteiger partial charge is 0.140 e. The number of aromatic nitrogens is 2. The lowest BCUT2D eigenvalue weighted by molar-refractivity contribution is 0.809. The largest absolute Gasteiger partial charge is 0.398 e. The molecule has 0 bridgehead atoms. The lowest BCUT2D eigenvalue weighted by atomic mass is 10.1. The molecule has 2 N–H and O–H groups in total. The van der Waals surface area contributed by atoms with Gasteiger partial charge in [-0.1, -0.05) is 45.7 Å². The molecule has 0 amide bonds. The lowest BCUT2D eigenvalue weighted by Gasteiger charge is -2.10. The van der Waals surface area contributed by atoms with Crippen molar-refractivity contribution in [2.75, 3.05) is 5.73 Å². The van der Waals surface area contributed by atoms with Gasteiger partial charge in [0.05, 0.1) is 6.54 Å². The summed E-state index contributed by atoms with van der Waals surface area (Å²) in [7, 11) is 0. The summed E-state index contributed by atoms with van der Waals surface area (Å²) in [6.07, 6.45) is 3.72. The summed E-state index contributed by atoms with van der Waals surface area (Å²) in [5, 5.41) is 0.674. The Bertz CT molecular complexity index is 762. The second kappa shape index (κ2) is 5.92. The quantitative estimate of drug-likeness (QED) is 0.692. The fourth-order valence-corrected chi connectivity index (χ4v) is 3.10. The summed E-state index contributed by atoms with van der Waals surface area (Å²) >= 11 is 9.58. The van der Waals surface area contributed by atoms with E-state index >= 15 is 0 Å². The zero-order chi connectivity index (χ0) is 14.8. The summed E-state index contributed by atoms with van der Waals surface area (Å²) in [5.74, 6) is 0.862. The zero-order valence-electron chi connectivity index (χ0n) is 11.1. The molecule has 0 fully saturated rings. The average Bonchev–Trinajstić information content (AvgIpc) is 2.88. The second-order valence-corrected chi connectivity index (χ2v) is 6.09. The van der Waals surface area contributed by atoms with Crippen LogP contribution < -0.4 is 5.73 Å². The van der Waals surface area contributed by atoms with Gasteiger partial charge in [-0.25, -0.2) is 4.98 Å². The van der Waals surface area contributed by atoms with Crippen molar-refractivity contribution in [2.45, 2.75) is 6.54 Å². The van der Waals surface area contributed by atoms with Crippen molar-refractivity contribution in [1.82, 2.24) is 9.55 Å². The van der Waals surface area contributed by atoms with Crippen LogP contribution in [0, 0.1) is 0 Å². The van der Waals surface area contributed by atoms with Gasteiger partial charge in [0, 0.05) is 33.1 Å². The fraction of sp³-hybridized carbons (Fsp3) is 0.0625. The summed E-state index contributed by atoms with van der Waals surface area (Å²) in [4.78, 5) is 4.44. The van der Waals surface area contributed by atoms with Crippen molar-refractivity contribution >= 4 is 33.2 Å². The zero-order valence-corrected chi connectivity index (χ0v) is 13.5. The first kappa shape index (κ1) is 14.2. The molecule has 0 aliphatic rings. The predicted molar refractivity (Wildman–Crippen MR) is 90.3 cm³/mol. The molecule has 0 spiro atoms. The number of para-hydroxylation sites is 1. The molecule has 0 atom stereocenters. The van der Waals surface area contributed by atoms with Gasteiger partial charge < -0.3 is 10.3 Å². The van der Waals surface area contributed by atoms with Gasteiger partial charge in [0.15, 0.2) is 0 Å². The van der Waals surface area contributed by atoms with Gasteiger partial charge in [0.2, 0.25) is 0 Å². The highest BCUT2D eigenvalue weighted by atomic mass is 79.9. The first-order valence-electron chi connectivity index (χ1n) is 6.44. The van der Waals surface area contributed by atoms with Crippen molar-refractivity contribution < 1.29 is 0 Å². The minimum atomic E-state index is 0.673. The van der Waals surface area contributed by atoms with Gasteiger partial charge >= 0.3 is 0 Å². The molecule has 106 valence electrons. The normalized spacial score (nSPS) is 10.8. The highest BCUT2D eigenvalue weighted by Gasteiger charge is 2.09. The van der Waals surface area contributed by atoms with Crippen LogP contribution in [-0.4, -0.2) is 9.55 Å². The summed E-state index contributed by atoms with van der Waals surface area (Å²) in [6.45, 7) is 0.673. The third-order valence-corrected chi connectivity index (χ3v) is 3.91. The summed E-state index contributed by atoms with van der Waals surface area (Å²) in [6, 6.07) is 13.6. The number of nitrogen functional groups attached to an aromatic ring is 1. The maximum atomic E-state index is 6.12. The molecule has 0 saturated carbocycles. The van der Waals surface area contributed by atoms with Crippen LogP contribution in [0.2, 0.25) is 5.02 Å². The lowest BCUT2D eigenvalue weighted by Crippen LogP contribution is -2.03. The van der Waals surface area contributed by atoms with Gasteiger partial charge in [0.25, 0.3) is 0 Å². The Morgan fingerprint density at radius 2 is 2.00 bits per heavy atom. The highest BCUT2D eigenvalue weighted by molar-refractivity contribution is 9.10. The topological polar surface area (TPSA) is 43.8 Å². The van der Waals surface area contributed by atoms with E-state index in [1.165, 1.54) is 0 Å². The van der Waals surface area contributed by atoms with E-state index in [4.69, 9.17) is 17.3 Å². The number of anilines is 1. The van der Waals surface area contributed by atoms with E-state index in [-0.39, 0.29) is 0 Å². The number of nitrogens with zero attached hydrogens (tertiary/aromatic N) is 2. The Morgan fingerprint density at radius 1 is 1.19 bits per heavy atom. The molecule has 0 aliphatic carbocycles. The van der Waals surface area contributed by atoms with Gasteiger partial charge in [-0.15, -0.1) is 0 Å². The third-order valence-electron chi connectivity index (χ3n) is 3.23. The van der Waals surface area contributed by atoms with E-state index < -0.39 is 0 Å². The minimum absolute atomic E-state index is 0.673. The molecule has 0 aliphatic heterocycles. The van der Waals surface area contributed by atoms with Gasteiger partial charge in [-0.05, 0) is 29.8 Å². The van der Waals surface area contributed by atoms with Crippen LogP contribution in [0.3, 0.4) is 0 Å². The number of benzene rings is 2.